The highest BCUT2D eigenvalue weighted by Crippen LogP contribution is 2.34. The van der Waals surface area contributed by atoms with E-state index >= 15 is 0 Å². The number of aromatic nitrogens is 2. The molecule has 0 bridgehead atoms. The van der Waals surface area contributed by atoms with Crippen LogP contribution in [-0.4, -0.2) is 9.55 Å². The van der Waals surface area contributed by atoms with Crippen molar-refractivity contribution in [2.45, 2.75) is 89.0 Å². The minimum Gasteiger partial charge on any atom is -0.332 e. The van der Waals surface area contributed by atoms with Crippen LogP contribution in [-0.2, 0) is 0 Å². The Balaban J connectivity index is 1.76. The third-order valence-electron chi connectivity index (χ3n) is 5.14. The Morgan fingerprint density at radius 2 is 1.37 bits per heavy atom. The fourth-order valence-corrected chi connectivity index (χ4v) is 4.02. The summed E-state index contributed by atoms with van der Waals surface area (Å²) in [7, 11) is 0. The smallest absolute Gasteiger partial charge is 0.112 e. The summed E-state index contributed by atoms with van der Waals surface area (Å²) >= 11 is 0. The summed E-state index contributed by atoms with van der Waals surface area (Å²) in [6.07, 6.45) is 21.1. The van der Waals surface area contributed by atoms with Gasteiger partial charge in [0.05, 0.1) is 0 Å². The molecular weight excluding hydrogens is 232 g/mol. The fraction of sp³-hybridized carbons (Fsp3) is 0.824. The highest BCUT2D eigenvalue weighted by atomic mass is 15.1. The predicted octanol–water partition coefficient (Wildman–Crippen LogP) is 5.22. The summed E-state index contributed by atoms with van der Waals surface area (Å²) in [4.78, 5) is 4.75. The van der Waals surface area contributed by atoms with Gasteiger partial charge in [0.15, 0.2) is 0 Å². The summed E-state index contributed by atoms with van der Waals surface area (Å²) in [6, 6.07) is 0.739. The van der Waals surface area contributed by atoms with Gasteiger partial charge in [-0.3, -0.25) is 0 Å². The lowest BCUT2D eigenvalue weighted by Crippen LogP contribution is -2.14. The first kappa shape index (κ1) is 13.2. The Kier molecular flexibility index (Phi) is 4.58. The van der Waals surface area contributed by atoms with Crippen LogP contribution in [0.15, 0.2) is 12.4 Å². The molecule has 1 aromatic rings. The van der Waals surface area contributed by atoms with Gasteiger partial charge >= 0.3 is 0 Å². The zero-order chi connectivity index (χ0) is 12.9. The molecule has 2 heteroatoms. The van der Waals surface area contributed by atoms with Crippen molar-refractivity contribution in [3.8, 4) is 0 Å². The van der Waals surface area contributed by atoms with E-state index < -0.39 is 0 Å². The molecule has 0 atom stereocenters. The van der Waals surface area contributed by atoms with Crippen LogP contribution < -0.4 is 0 Å². The van der Waals surface area contributed by atoms with Crippen LogP contribution >= 0.6 is 0 Å². The molecule has 3 rings (SSSR count). The van der Waals surface area contributed by atoms with Crippen molar-refractivity contribution in [1.82, 2.24) is 9.55 Å². The monoisotopic (exact) mass is 260 g/mol. The molecule has 0 radical (unpaired) electrons. The predicted molar refractivity (Wildman–Crippen MR) is 79.4 cm³/mol. The second-order valence-electron chi connectivity index (χ2n) is 6.53. The quantitative estimate of drug-likeness (QED) is 0.667. The molecule has 0 amide bonds. The van der Waals surface area contributed by atoms with Crippen LogP contribution in [0.3, 0.4) is 0 Å². The third kappa shape index (κ3) is 3.21. The van der Waals surface area contributed by atoms with Gasteiger partial charge in [-0.15, -0.1) is 0 Å². The summed E-state index contributed by atoms with van der Waals surface area (Å²) in [5, 5.41) is 0. The fourth-order valence-electron chi connectivity index (χ4n) is 4.02. The summed E-state index contributed by atoms with van der Waals surface area (Å²) in [6.45, 7) is 0. The lowest BCUT2D eigenvalue weighted by molar-refractivity contribution is 0.407. The molecule has 1 aromatic heterocycles. The average Bonchev–Trinajstić information content (AvgIpc) is 2.67. The largest absolute Gasteiger partial charge is 0.332 e. The molecule has 2 aliphatic rings. The van der Waals surface area contributed by atoms with Gasteiger partial charge in [-0.05, 0) is 25.7 Å². The van der Waals surface area contributed by atoms with Gasteiger partial charge in [0.1, 0.15) is 5.82 Å². The maximum absolute atomic E-state index is 4.75. The highest BCUT2D eigenvalue weighted by Gasteiger charge is 2.23. The zero-order valence-electron chi connectivity index (χ0n) is 12.2. The Labute approximate surface area is 117 Å². The second-order valence-corrected chi connectivity index (χ2v) is 6.53. The molecule has 2 fully saturated rings. The molecule has 0 aliphatic heterocycles. The number of hydrogen-bond donors (Lipinski definition) is 0. The van der Waals surface area contributed by atoms with Crippen LogP contribution in [0.1, 0.15) is 94.8 Å². The number of nitrogens with zero attached hydrogens (tertiary/aromatic N) is 2. The van der Waals surface area contributed by atoms with Gasteiger partial charge in [0.2, 0.25) is 0 Å². The Bertz CT molecular complexity index is 332. The van der Waals surface area contributed by atoms with E-state index in [1.165, 1.54) is 82.9 Å². The molecule has 0 spiro atoms. The van der Waals surface area contributed by atoms with E-state index in [4.69, 9.17) is 4.98 Å². The van der Waals surface area contributed by atoms with E-state index in [0.717, 1.165) is 12.0 Å². The van der Waals surface area contributed by atoms with Crippen LogP contribution in [0.5, 0.6) is 0 Å². The van der Waals surface area contributed by atoms with Gasteiger partial charge < -0.3 is 4.57 Å². The van der Waals surface area contributed by atoms with Crippen molar-refractivity contribution in [3.63, 3.8) is 0 Å². The Morgan fingerprint density at radius 3 is 2.00 bits per heavy atom. The summed E-state index contributed by atoms with van der Waals surface area (Å²) in [5.74, 6) is 2.15. The minimum atomic E-state index is 0.737. The molecule has 2 aliphatic carbocycles. The molecule has 106 valence electrons. The number of imidazole rings is 1. The molecule has 0 aromatic carbocycles. The first-order valence-corrected chi connectivity index (χ1v) is 8.48. The van der Waals surface area contributed by atoms with Crippen LogP contribution in [0.2, 0.25) is 0 Å². The normalized spacial score (nSPS) is 24.0. The van der Waals surface area contributed by atoms with Crippen molar-refractivity contribution in [3.05, 3.63) is 18.2 Å². The van der Waals surface area contributed by atoms with E-state index in [1.54, 1.807) is 0 Å². The first-order valence-electron chi connectivity index (χ1n) is 8.48. The molecule has 0 unspecified atom stereocenters. The van der Waals surface area contributed by atoms with E-state index in [2.05, 4.69) is 10.8 Å². The van der Waals surface area contributed by atoms with Gasteiger partial charge in [0.25, 0.3) is 0 Å². The van der Waals surface area contributed by atoms with Crippen molar-refractivity contribution in [2.24, 2.45) is 0 Å². The van der Waals surface area contributed by atoms with Crippen molar-refractivity contribution in [2.75, 3.05) is 0 Å². The standard InChI is InChI=1S/C17H28N2/c1-2-6-10-15(9-5-1)17-18-13-14-19(17)16-11-7-3-4-8-12-16/h13-16H,1-12H2. The minimum absolute atomic E-state index is 0.737. The topological polar surface area (TPSA) is 17.8 Å². The third-order valence-corrected chi connectivity index (χ3v) is 5.14. The highest BCUT2D eigenvalue weighted by molar-refractivity contribution is 5.03. The maximum atomic E-state index is 4.75. The van der Waals surface area contributed by atoms with Crippen molar-refractivity contribution in [1.29, 1.82) is 0 Å². The molecule has 19 heavy (non-hydrogen) atoms. The van der Waals surface area contributed by atoms with Crippen molar-refractivity contribution >= 4 is 0 Å². The molecule has 0 N–H and O–H groups in total. The lowest BCUT2D eigenvalue weighted by atomic mass is 9.98. The van der Waals surface area contributed by atoms with Gasteiger partial charge in [-0.2, -0.15) is 0 Å². The van der Waals surface area contributed by atoms with Crippen molar-refractivity contribution < 1.29 is 0 Å². The maximum Gasteiger partial charge on any atom is 0.112 e. The Morgan fingerprint density at radius 1 is 0.789 bits per heavy atom. The van der Waals surface area contributed by atoms with E-state index in [0.29, 0.717) is 0 Å². The van der Waals surface area contributed by atoms with Gasteiger partial charge in [-0.1, -0.05) is 51.4 Å². The second kappa shape index (κ2) is 6.58. The molecule has 2 saturated carbocycles. The molecule has 1 heterocycles. The SMILES string of the molecule is c1cn(C2CCCCCC2)c(C2CCCCCC2)n1. The molecule has 0 saturated heterocycles. The number of hydrogen-bond acceptors (Lipinski definition) is 1. The molecule has 2 nitrogen and oxygen atoms in total. The van der Waals surface area contributed by atoms with Crippen LogP contribution in [0.4, 0.5) is 0 Å². The molecular formula is C17H28N2. The Hall–Kier alpha value is -0.790. The lowest BCUT2D eigenvalue weighted by Gasteiger charge is -2.22. The summed E-state index contributed by atoms with van der Waals surface area (Å²) < 4.78 is 2.56. The number of rotatable bonds is 2. The van der Waals surface area contributed by atoms with Crippen LogP contribution in [0, 0.1) is 0 Å². The van der Waals surface area contributed by atoms with Crippen LogP contribution in [0.25, 0.3) is 0 Å². The van der Waals surface area contributed by atoms with E-state index in [9.17, 15) is 0 Å². The average molecular weight is 260 g/mol. The van der Waals surface area contributed by atoms with Gasteiger partial charge in [-0.25, -0.2) is 4.98 Å². The van der Waals surface area contributed by atoms with E-state index in [-0.39, 0.29) is 0 Å². The van der Waals surface area contributed by atoms with Gasteiger partial charge in [0, 0.05) is 24.4 Å². The summed E-state index contributed by atoms with van der Waals surface area (Å²) in [5.41, 5.74) is 0. The first-order chi connectivity index (χ1) is 9.45. The zero-order valence-corrected chi connectivity index (χ0v) is 12.2. The van der Waals surface area contributed by atoms with E-state index in [1.807, 2.05) is 6.20 Å².